The molecule has 0 aromatic carbocycles. The van der Waals surface area contributed by atoms with Gasteiger partial charge in [0, 0.05) is 18.4 Å². The lowest BCUT2D eigenvalue weighted by Gasteiger charge is -2.01. The van der Waals surface area contributed by atoms with Crippen LogP contribution in [0.3, 0.4) is 0 Å². The van der Waals surface area contributed by atoms with Gasteiger partial charge in [-0.25, -0.2) is 0 Å². The van der Waals surface area contributed by atoms with Gasteiger partial charge >= 0.3 is 0 Å². The molecule has 1 rings (SSSR count). The van der Waals surface area contributed by atoms with Gasteiger partial charge in [-0.3, -0.25) is 9.89 Å². The van der Waals surface area contributed by atoms with Gasteiger partial charge in [0.15, 0.2) is 5.82 Å². The summed E-state index contributed by atoms with van der Waals surface area (Å²) in [5.74, 6) is 0.481. The Morgan fingerprint density at radius 2 is 2.50 bits per heavy atom. The molecule has 2 N–H and O–H groups in total. The molecule has 0 fully saturated rings. The number of carbonyl (C=O) groups is 1. The Balaban J connectivity index is 2.27. The van der Waals surface area contributed by atoms with E-state index in [4.69, 9.17) is 4.74 Å². The highest BCUT2D eigenvalue weighted by Gasteiger charge is 2.03. The molecular formula is C9H15N3O2. The van der Waals surface area contributed by atoms with Gasteiger partial charge < -0.3 is 10.1 Å². The van der Waals surface area contributed by atoms with Crippen molar-refractivity contribution >= 4 is 11.7 Å². The van der Waals surface area contributed by atoms with Crippen molar-refractivity contribution in [3.63, 3.8) is 0 Å². The minimum absolute atomic E-state index is 0.0787. The van der Waals surface area contributed by atoms with Crippen molar-refractivity contribution < 1.29 is 9.53 Å². The fourth-order valence-electron chi connectivity index (χ4n) is 0.997. The Kier molecular flexibility index (Phi) is 4.12. The SMILES string of the molecule is CCOCCC(=O)Nc1cc(C)[nH]n1. The summed E-state index contributed by atoms with van der Waals surface area (Å²) in [5.41, 5.74) is 0.921. The largest absolute Gasteiger partial charge is 0.381 e. The first-order chi connectivity index (χ1) is 6.72. The zero-order valence-electron chi connectivity index (χ0n) is 8.46. The zero-order valence-corrected chi connectivity index (χ0v) is 8.46. The summed E-state index contributed by atoms with van der Waals surface area (Å²) in [5, 5.41) is 9.29. The number of aryl methyl sites for hydroxylation is 1. The molecule has 5 heteroatoms. The van der Waals surface area contributed by atoms with Gasteiger partial charge in [-0.05, 0) is 13.8 Å². The maximum absolute atomic E-state index is 11.3. The molecule has 0 atom stereocenters. The number of H-pyrrole nitrogens is 1. The summed E-state index contributed by atoms with van der Waals surface area (Å²) in [6, 6.07) is 1.78. The summed E-state index contributed by atoms with van der Waals surface area (Å²) >= 11 is 0. The maximum atomic E-state index is 11.3. The summed E-state index contributed by atoms with van der Waals surface area (Å²) in [7, 11) is 0. The number of rotatable bonds is 5. The lowest BCUT2D eigenvalue weighted by atomic mass is 10.4. The molecule has 0 aliphatic carbocycles. The molecule has 14 heavy (non-hydrogen) atoms. The lowest BCUT2D eigenvalue weighted by molar-refractivity contribution is -0.117. The van der Waals surface area contributed by atoms with Gasteiger partial charge in [0.05, 0.1) is 13.0 Å². The Morgan fingerprint density at radius 1 is 1.71 bits per heavy atom. The van der Waals surface area contributed by atoms with E-state index in [1.165, 1.54) is 0 Å². The third-order valence-electron chi connectivity index (χ3n) is 1.65. The number of hydrogen-bond donors (Lipinski definition) is 2. The minimum atomic E-state index is -0.0787. The second-order valence-electron chi connectivity index (χ2n) is 2.93. The summed E-state index contributed by atoms with van der Waals surface area (Å²) < 4.78 is 5.06. The van der Waals surface area contributed by atoms with Crippen LogP contribution in [0.1, 0.15) is 19.0 Å². The monoisotopic (exact) mass is 197 g/mol. The van der Waals surface area contributed by atoms with Gasteiger partial charge in [-0.2, -0.15) is 5.10 Å². The topological polar surface area (TPSA) is 67.0 Å². The number of anilines is 1. The fourth-order valence-corrected chi connectivity index (χ4v) is 0.997. The molecule has 5 nitrogen and oxygen atoms in total. The van der Waals surface area contributed by atoms with Crippen molar-refractivity contribution in [2.75, 3.05) is 18.5 Å². The Hall–Kier alpha value is -1.36. The van der Waals surface area contributed by atoms with Crippen LogP contribution in [-0.2, 0) is 9.53 Å². The molecule has 0 saturated heterocycles. The molecule has 0 aliphatic heterocycles. The van der Waals surface area contributed by atoms with Crippen LogP contribution in [0.4, 0.5) is 5.82 Å². The number of hydrogen-bond acceptors (Lipinski definition) is 3. The number of nitrogens with zero attached hydrogens (tertiary/aromatic N) is 1. The molecular weight excluding hydrogens is 182 g/mol. The first-order valence-corrected chi connectivity index (χ1v) is 4.62. The van der Waals surface area contributed by atoms with Crippen LogP contribution >= 0.6 is 0 Å². The lowest BCUT2D eigenvalue weighted by Crippen LogP contribution is -2.14. The van der Waals surface area contributed by atoms with E-state index < -0.39 is 0 Å². The van der Waals surface area contributed by atoms with Crippen molar-refractivity contribution in [1.82, 2.24) is 10.2 Å². The van der Waals surface area contributed by atoms with Crippen LogP contribution in [0.15, 0.2) is 6.07 Å². The number of aromatic nitrogens is 2. The van der Waals surface area contributed by atoms with E-state index in [-0.39, 0.29) is 5.91 Å². The highest BCUT2D eigenvalue weighted by atomic mass is 16.5. The summed E-state index contributed by atoms with van der Waals surface area (Å²) in [6.07, 6.45) is 0.361. The van der Waals surface area contributed by atoms with E-state index in [0.717, 1.165) is 5.69 Å². The van der Waals surface area contributed by atoms with Crippen LogP contribution in [-0.4, -0.2) is 29.3 Å². The highest BCUT2D eigenvalue weighted by molar-refractivity contribution is 5.89. The Labute approximate surface area is 82.8 Å². The summed E-state index contributed by atoms with van der Waals surface area (Å²) in [6.45, 7) is 4.86. The van der Waals surface area contributed by atoms with E-state index in [0.29, 0.717) is 25.5 Å². The van der Waals surface area contributed by atoms with Gasteiger partial charge in [-0.1, -0.05) is 0 Å². The van der Waals surface area contributed by atoms with Crippen molar-refractivity contribution in [1.29, 1.82) is 0 Å². The van der Waals surface area contributed by atoms with Gasteiger partial charge in [0.25, 0.3) is 0 Å². The number of aromatic amines is 1. The van der Waals surface area contributed by atoms with E-state index in [1.807, 2.05) is 13.8 Å². The molecule has 1 aromatic rings. The first-order valence-electron chi connectivity index (χ1n) is 4.62. The predicted molar refractivity (Wildman–Crippen MR) is 53.1 cm³/mol. The molecule has 1 amide bonds. The molecule has 0 unspecified atom stereocenters. The molecule has 1 aromatic heterocycles. The predicted octanol–water partition coefficient (Wildman–Crippen LogP) is 1.08. The Morgan fingerprint density at radius 3 is 3.07 bits per heavy atom. The van der Waals surface area contributed by atoms with Gasteiger partial charge in [0.2, 0.25) is 5.91 Å². The zero-order chi connectivity index (χ0) is 10.4. The van der Waals surface area contributed by atoms with Crippen LogP contribution in [0, 0.1) is 6.92 Å². The third kappa shape index (κ3) is 3.57. The average Bonchev–Trinajstić information content (AvgIpc) is 2.52. The van der Waals surface area contributed by atoms with Crippen LogP contribution < -0.4 is 5.32 Å². The van der Waals surface area contributed by atoms with E-state index in [9.17, 15) is 4.79 Å². The van der Waals surface area contributed by atoms with Crippen LogP contribution in [0.5, 0.6) is 0 Å². The minimum Gasteiger partial charge on any atom is -0.381 e. The average molecular weight is 197 g/mol. The van der Waals surface area contributed by atoms with E-state index >= 15 is 0 Å². The van der Waals surface area contributed by atoms with Crippen LogP contribution in [0.25, 0.3) is 0 Å². The maximum Gasteiger partial charge on any atom is 0.227 e. The van der Waals surface area contributed by atoms with Gasteiger partial charge in [-0.15, -0.1) is 0 Å². The fraction of sp³-hybridized carbons (Fsp3) is 0.556. The van der Waals surface area contributed by atoms with Crippen molar-refractivity contribution in [3.8, 4) is 0 Å². The third-order valence-corrected chi connectivity index (χ3v) is 1.65. The van der Waals surface area contributed by atoms with E-state index in [1.54, 1.807) is 6.07 Å². The van der Waals surface area contributed by atoms with Gasteiger partial charge in [0.1, 0.15) is 0 Å². The summed E-state index contributed by atoms with van der Waals surface area (Å²) in [4.78, 5) is 11.3. The number of amides is 1. The highest BCUT2D eigenvalue weighted by Crippen LogP contribution is 2.03. The van der Waals surface area contributed by atoms with Crippen molar-refractivity contribution in [2.45, 2.75) is 20.3 Å². The first kappa shape index (κ1) is 10.7. The van der Waals surface area contributed by atoms with Crippen molar-refractivity contribution in [3.05, 3.63) is 11.8 Å². The second kappa shape index (κ2) is 5.39. The number of nitrogens with one attached hydrogen (secondary N) is 2. The quantitative estimate of drug-likeness (QED) is 0.694. The molecule has 1 heterocycles. The second-order valence-corrected chi connectivity index (χ2v) is 2.93. The number of carbonyl (C=O) groups excluding carboxylic acids is 1. The van der Waals surface area contributed by atoms with Crippen LogP contribution in [0.2, 0.25) is 0 Å². The smallest absolute Gasteiger partial charge is 0.227 e. The van der Waals surface area contributed by atoms with Crippen molar-refractivity contribution in [2.24, 2.45) is 0 Å². The molecule has 78 valence electrons. The molecule has 0 radical (unpaired) electrons. The normalized spacial score (nSPS) is 10.1. The molecule has 0 spiro atoms. The molecule has 0 bridgehead atoms. The number of ether oxygens (including phenoxy) is 1. The van der Waals surface area contributed by atoms with E-state index in [2.05, 4.69) is 15.5 Å². The molecule has 0 saturated carbocycles. The molecule has 0 aliphatic rings. The Bertz CT molecular complexity index is 296. The standard InChI is InChI=1S/C9H15N3O2/c1-3-14-5-4-9(13)10-8-6-7(2)11-12-8/h6H,3-5H2,1-2H3,(H2,10,11,12,13).